The van der Waals surface area contributed by atoms with Gasteiger partial charge in [-0.3, -0.25) is 9.59 Å². The smallest absolute Gasteiger partial charge is 0.407 e. The number of carbonyl (C=O) groups excluding carboxylic acids is 3. The molecular formula is C21H31N3O5. The zero-order chi connectivity index (χ0) is 21.2. The molecule has 0 saturated heterocycles. The highest BCUT2D eigenvalue weighted by Crippen LogP contribution is 2.31. The maximum absolute atomic E-state index is 12.6. The third kappa shape index (κ3) is 7.29. The summed E-state index contributed by atoms with van der Waals surface area (Å²) in [5.74, 6) is 0.693. The van der Waals surface area contributed by atoms with Gasteiger partial charge in [-0.05, 0) is 31.4 Å². The number of alkyl carbamates (subject to hydrolysis) is 1. The molecule has 2 N–H and O–H groups in total. The van der Waals surface area contributed by atoms with E-state index < -0.39 is 6.09 Å². The molecule has 1 aliphatic heterocycles. The first-order valence-corrected chi connectivity index (χ1v) is 10.1. The molecule has 0 aromatic heterocycles. The first-order valence-electron chi connectivity index (χ1n) is 10.1. The standard InChI is InChI=1S/C21H31N3O5/c1-4-28-21(27)23-16(13-15(2)3)14-22-19(25)9-10-20(26)24-11-12-29-18-8-6-5-7-17(18)24/h5-8,15-16H,4,9-14H2,1-3H3,(H,22,25)(H,23,27). The Morgan fingerprint density at radius 2 is 1.97 bits per heavy atom. The van der Waals surface area contributed by atoms with E-state index in [0.717, 1.165) is 5.69 Å². The minimum atomic E-state index is -0.492. The van der Waals surface area contributed by atoms with Crippen molar-refractivity contribution in [3.63, 3.8) is 0 Å². The fourth-order valence-electron chi connectivity index (χ4n) is 3.21. The number of para-hydroxylation sites is 2. The van der Waals surface area contributed by atoms with Crippen molar-refractivity contribution in [1.82, 2.24) is 10.6 Å². The highest BCUT2D eigenvalue weighted by Gasteiger charge is 2.23. The van der Waals surface area contributed by atoms with E-state index in [2.05, 4.69) is 10.6 Å². The van der Waals surface area contributed by atoms with Crippen LogP contribution in [0.2, 0.25) is 0 Å². The molecule has 2 rings (SSSR count). The Balaban J connectivity index is 1.81. The molecule has 8 nitrogen and oxygen atoms in total. The van der Waals surface area contributed by atoms with Crippen LogP contribution in [-0.4, -0.2) is 50.3 Å². The molecule has 1 atom stereocenters. The number of fused-ring (bicyclic) bond motifs is 1. The summed E-state index contributed by atoms with van der Waals surface area (Å²) in [6.07, 6.45) is 0.420. The maximum atomic E-state index is 12.6. The minimum absolute atomic E-state index is 0.0894. The van der Waals surface area contributed by atoms with Crippen LogP contribution in [0.3, 0.4) is 0 Å². The molecule has 3 amide bonds. The Morgan fingerprint density at radius 3 is 2.69 bits per heavy atom. The summed E-state index contributed by atoms with van der Waals surface area (Å²) < 4.78 is 10.5. The number of nitrogens with one attached hydrogen (secondary N) is 2. The molecule has 0 aliphatic carbocycles. The summed E-state index contributed by atoms with van der Waals surface area (Å²) in [5, 5.41) is 5.58. The molecule has 1 aromatic rings. The van der Waals surface area contributed by atoms with Crippen molar-refractivity contribution in [3.8, 4) is 5.75 Å². The molecule has 0 radical (unpaired) electrons. The Kier molecular flexibility index (Phi) is 8.76. The van der Waals surface area contributed by atoms with Gasteiger partial charge >= 0.3 is 6.09 Å². The highest BCUT2D eigenvalue weighted by molar-refractivity contribution is 5.97. The van der Waals surface area contributed by atoms with Gasteiger partial charge in [-0.15, -0.1) is 0 Å². The Hall–Kier alpha value is -2.77. The van der Waals surface area contributed by atoms with Gasteiger partial charge in [0, 0.05) is 25.4 Å². The van der Waals surface area contributed by atoms with Crippen LogP contribution in [0, 0.1) is 5.92 Å². The van der Waals surface area contributed by atoms with E-state index in [9.17, 15) is 14.4 Å². The number of ether oxygens (including phenoxy) is 2. The first-order chi connectivity index (χ1) is 13.9. The van der Waals surface area contributed by atoms with Gasteiger partial charge in [-0.1, -0.05) is 26.0 Å². The number of rotatable bonds is 9. The van der Waals surface area contributed by atoms with Crippen molar-refractivity contribution in [2.24, 2.45) is 5.92 Å². The van der Waals surface area contributed by atoms with Crippen LogP contribution in [0.4, 0.5) is 10.5 Å². The molecular weight excluding hydrogens is 374 g/mol. The van der Waals surface area contributed by atoms with Crippen LogP contribution >= 0.6 is 0 Å². The first kappa shape index (κ1) is 22.5. The predicted molar refractivity (Wildman–Crippen MR) is 110 cm³/mol. The van der Waals surface area contributed by atoms with E-state index in [1.54, 1.807) is 11.8 Å². The Labute approximate surface area is 171 Å². The largest absolute Gasteiger partial charge is 0.490 e. The molecule has 1 aromatic carbocycles. The quantitative estimate of drug-likeness (QED) is 0.658. The zero-order valence-corrected chi connectivity index (χ0v) is 17.4. The molecule has 1 unspecified atom stereocenters. The van der Waals surface area contributed by atoms with Gasteiger partial charge in [-0.25, -0.2) is 4.79 Å². The number of nitrogens with zero attached hydrogens (tertiary/aromatic N) is 1. The lowest BCUT2D eigenvalue weighted by molar-refractivity contribution is -0.125. The molecule has 8 heteroatoms. The van der Waals surface area contributed by atoms with E-state index in [4.69, 9.17) is 9.47 Å². The van der Waals surface area contributed by atoms with Crippen LogP contribution in [0.1, 0.15) is 40.0 Å². The summed E-state index contributed by atoms with van der Waals surface area (Å²) >= 11 is 0. The van der Waals surface area contributed by atoms with E-state index in [1.807, 2.05) is 38.1 Å². The molecule has 0 fully saturated rings. The second-order valence-corrected chi connectivity index (χ2v) is 7.36. The third-order valence-electron chi connectivity index (χ3n) is 4.49. The van der Waals surface area contributed by atoms with Crippen molar-refractivity contribution >= 4 is 23.6 Å². The molecule has 0 spiro atoms. The van der Waals surface area contributed by atoms with E-state index in [-0.39, 0.29) is 30.7 Å². The molecule has 1 heterocycles. The maximum Gasteiger partial charge on any atom is 0.407 e. The summed E-state index contributed by atoms with van der Waals surface area (Å²) in [5.41, 5.74) is 0.736. The number of hydrogen-bond donors (Lipinski definition) is 2. The lowest BCUT2D eigenvalue weighted by Crippen LogP contribution is -2.45. The fraction of sp³-hybridized carbons (Fsp3) is 0.571. The monoisotopic (exact) mass is 405 g/mol. The van der Waals surface area contributed by atoms with E-state index >= 15 is 0 Å². The average molecular weight is 405 g/mol. The van der Waals surface area contributed by atoms with Gasteiger partial charge in [0.15, 0.2) is 0 Å². The number of benzene rings is 1. The number of carbonyl (C=O) groups is 3. The fourth-order valence-corrected chi connectivity index (χ4v) is 3.21. The van der Waals surface area contributed by atoms with E-state index in [1.165, 1.54) is 0 Å². The van der Waals surface area contributed by atoms with Gasteiger partial charge in [0.2, 0.25) is 11.8 Å². The second-order valence-electron chi connectivity index (χ2n) is 7.36. The van der Waals surface area contributed by atoms with Crippen molar-refractivity contribution in [2.45, 2.75) is 46.1 Å². The van der Waals surface area contributed by atoms with Crippen LogP contribution in [0.15, 0.2) is 24.3 Å². The topological polar surface area (TPSA) is 97.0 Å². The normalized spacial score (nSPS) is 13.9. The SMILES string of the molecule is CCOC(=O)NC(CNC(=O)CCC(=O)N1CCOc2ccccc21)CC(C)C. The van der Waals surface area contributed by atoms with Gasteiger partial charge in [0.25, 0.3) is 0 Å². The highest BCUT2D eigenvalue weighted by atomic mass is 16.5. The van der Waals surface area contributed by atoms with Crippen LogP contribution in [0.25, 0.3) is 0 Å². The molecule has 160 valence electrons. The third-order valence-corrected chi connectivity index (χ3v) is 4.49. The van der Waals surface area contributed by atoms with Gasteiger partial charge < -0.3 is 25.0 Å². The lowest BCUT2D eigenvalue weighted by atomic mass is 10.0. The van der Waals surface area contributed by atoms with Crippen molar-refractivity contribution in [3.05, 3.63) is 24.3 Å². The number of anilines is 1. The van der Waals surface area contributed by atoms with Gasteiger partial charge in [-0.2, -0.15) is 0 Å². The van der Waals surface area contributed by atoms with E-state index in [0.29, 0.717) is 44.4 Å². The van der Waals surface area contributed by atoms with Crippen molar-refractivity contribution < 1.29 is 23.9 Å². The Morgan fingerprint density at radius 1 is 1.21 bits per heavy atom. The van der Waals surface area contributed by atoms with Crippen LogP contribution < -0.4 is 20.3 Å². The van der Waals surface area contributed by atoms with Crippen molar-refractivity contribution in [2.75, 3.05) is 31.2 Å². The van der Waals surface area contributed by atoms with Crippen molar-refractivity contribution in [1.29, 1.82) is 0 Å². The predicted octanol–water partition coefficient (Wildman–Crippen LogP) is 2.47. The number of hydrogen-bond acceptors (Lipinski definition) is 5. The minimum Gasteiger partial charge on any atom is -0.490 e. The summed E-state index contributed by atoms with van der Waals surface area (Å²) in [6.45, 7) is 7.32. The van der Waals surface area contributed by atoms with Crippen LogP contribution in [-0.2, 0) is 14.3 Å². The molecule has 0 bridgehead atoms. The molecule has 1 aliphatic rings. The summed E-state index contributed by atoms with van der Waals surface area (Å²) in [7, 11) is 0. The molecule has 29 heavy (non-hydrogen) atoms. The summed E-state index contributed by atoms with van der Waals surface area (Å²) in [6, 6.07) is 7.15. The molecule has 0 saturated carbocycles. The van der Waals surface area contributed by atoms with Gasteiger partial charge in [0.1, 0.15) is 12.4 Å². The van der Waals surface area contributed by atoms with Gasteiger partial charge in [0.05, 0.1) is 18.8 Å². The lowest BCUT2D eigenvalue weighted by Gasteiger charge is -2.29. The van der Waals surface area contributed by atoms with Crippen LogP contribution in [0.5, 0.6) is 5.75 Å². The zero-order valence-electron chi connectivity index (χ0n) is 17.4. The average Bonchev–Trinajstić information content (AvgIpc) is 2.69. The summed E-state index contributed by atoms with van der Waals surface area (Å²) in [4.78, 5) is 38.1. The second kappa shape index (κ2) is 11.3. The Bertz CT molecular complexity index is 707. The number of amides is 3.